The Hall–Kier alpha value is -4.04. The topological polar surface area (TPSA) is 108 Å². The molecule has 0 aliphatic carbocycles. The van der Waals surface area contributed by atoms with Gasteiger partial charge in [-0.15, -0.1) is 0 Å². The van der Waals surface area contributed by atoms with Crippen molar-refractivity contribution >= 4 is 35.0 Å². The smallest absolute Gasteiger partial charge is 0.265 e. The molecule has 0 aliphatic rings. The number of allylic oxidation sites excluding steroid dienone is 1. The summed E-state index contributed by atoms with van der Waals surface area (Å²) in [6.07, 6.45) is 4.10. The van der Waals surface area contributed by atoms with Crippen LogP contribution in [0.25, 0.3) is 28.2 Å². The molecule has 0 saturated heterocycles. The lowest BCUT2D eigenvalue weighted by Crippen LogP contribution is -2.24. The number of H-pyrrole nitrogens is 1. The quantitative estimate of drug-likeness (QED) is 0.256. The van der Waals surface area contributed by atoms with E-state index in [2.05, 4.69) is 9.97 Å². The summed E-state index contributed by atoms with van der Waals surface area (Å²) in [5, 5.41) is 21.2. The van der Waals surface area contributed by atoms with Gasteiger partial charge in [-0.1, -0.05) is 24.3 Å². The third-order valence-corrected chi connectivity index (χ3v) is 5.16. The molecule has 3 N–H and O–H groups in total. The number of benzene rings is 2. The molecule has 154 valence electrons. The number of aromatic amines is 1. The van der Waals surface area contributed by atoms with Gasteiger partial charge in [0, 0.05) is 29.8 Å². The summed E-state index contributed by atoms with van der Waals surface area (Å²) in [6.45, 7) is 0. The molecule has 0 bridgehead atoms. The van der Waals surface area contributed by atoms with Crippen LogP contribution in [0.4, 0.5) is 0 Å². The third-order valence-electron chi connectivity index (χ3n) is 4.95. The summed E-state index contributed by atoms with van der Waals surface area (Å²) < 4.78 is 1.54. The fourth-order valence-electron chi connectivity index (χ4n) is 3.39. The summed E-state index contributed by atoms with van der Waals surface area (Å²) in [4.78, 5) is 32.5. The van der Waals surface area contributed by atoms with Gasteiger partial charge in [0.1, 0.15) is 17.1 Å². The Morgan fingerprint density at radius 1 is 1.13 bits per heavy atom. The Morgan fingerprint density at radius 3 is 2.61 bits per heavy atom. The van der Waals surface area contributed by atoms with E-state index >= 15 is 0 Å². The second kappa shape index (κ2) is 8.00. The number of hydrogen-bond acceptors (Lipinski definition) is 6. The van der Waals surface area contributed by atoms with Gasteiger partial charge < -0.3 is 19.8 Å². The third kappa shape index (κ3) is 3.64. The maximum atomic E-state index is 12.9. The van der Waals surface area contributed by atoms with Gasteiger partial charge in [0.05, 0.1) is 11.2 Å². The van der Waals surface area contributed by atoms with Crippen molar-refractivity contribution < 1.29 is 15.0 Å². The second-order valence-electron chi connectivity index (χ2n) is 6.84. The van der Waals surface area contributed by atoms with Gasteiger partial charge in [-0.3, -0.25) is 9.59 Å². The molecule has 4 rings (SSSR count). The molecule has 2 aromatic carbocycles. The molecule has 2 heterocycles. The molecule has 31 heavy (non-hydrogen) atoms. The van der Waals surface area contributed by atoms with E-state index in [-0.39, 0.29) is 21.8 Å². The van der Waals surface area contributed by atoms with Gasteiger partial charge in [-0.2, -0.15) is 0 Å². The molecule has 4 aromatic rings. The van der Waals surface area contributed by atoms with Gasteiger partial charge in [0.15, 0.2) is 10.6 Å². The maximum Gasteiger partial charge on any atom is 0.265 e. The average molecular weight is 431 g/mol. The minimum absolute atomic E-state index is 0.0290. The molecule has 2 aromatic heterocycles. The van der Waals surface area contributed by atoms with Crippen molar-refractivity contribution in [3.05, 3.63) is 87.1 Å². The van der Waals surface area contributed by atoms with Crippen LogP contribution in [0.2, 0.25) is 0 Å². The number of aromatic hydroxyl groups is 2. The molecule has 0 spiro atoms. The lowest BCUT2D eigenvalue weighted by atomic mass is 10.0. The monoisotopic (exact) mass is 431 g/mol. The van der Waals surface area contributed by atoms with E-state index in [9.17, 15) is 19.8 Å². The highest BCUT2D eigenvalue weighted by Gasteiger charge is 2.19. The predicted molar refractivity (Wildman–Crippen MR) is 121 cm³/mol. The molecule has 0 radical (unpaired) electrons. The first-order valence-corrected chi connectivity index (χ1v) is 9.70. The lowest BCUT2D eigenvalue weighted by Gasteiger charge is -2.10. The van der Waals surface area contributed by atoms with Crippen LogP contribution in [0, 0.1) is 4.77 Å². The highest BCUT2D eigenvalue weighted by molar-refractivity contribution is 7.71. The van der Waals surface area contributed by atoms with Gasteiger partial charge in [0.25, 0.3) is 5.56 Å². The summed E-state index contributed by atoms with van der Waals surface area (Å²) in [7, 11) is 1.54. The molecule has 7 nitrogen and oxygen atoms in total. The van der Waals surface area contributed by atoms with Gasteiger partial charge >= 0.3 is 0 Å². The molecule has 0 fully saturated rings. The number of aryl methyl sites for hydroxylation is 1. The molecule has 0 aliphatic heterocycles. The van der Waals surface area contributed by atoms with E-state index < -0.39 is 11.3 Å². The number of nitrogens with zero attached hydrogens (tertiary/aromatic N) is 2. The van der Waals surface area contributed by atoms with Crippen molar-refractivity contribution in [1.29, 1.82) is 0 Å². The number of phenols is 1. The minimum Gasteiger partial charge on any atom is -0.507 e. The Balaban J connectivity index is 1.81. The van der Waals surface area contributed by atoms with Crippen molar-refractivity contribution in [1.82, 2.24) is 14.5 Å². The predicted octanol–water partition coefficient (Wildman–Crippen LogP) is 3.97. The summed E-state index contributed by atoms with van der Waals surface area (Å²) in [5.41, 5.74) is 1.02. The SMILES string of the molecule is Cn1c(=O)c(C(=O)/C=C/c2cnc(=S)[nH]c2-c2ccccc2O)c(O)c2ccccc21. The number of carbonyl (C=O) groups is 1. The zero-order valence-corrected chi connectivity index (χ0v) is 17.2. The van der Waals surface area contributed by atoms with Crippen LogP contribution in [0.15, 0.2) is 65.6 Å². The normalized spacial score (nSPS) is 11.3. The molecule has 8 heteroatoms. The standard InChI is InChI=1S/C23H17N3O4S/c1-26-16-8-4-2-6-14(16)21(29)19(22(26)30)18(28)11-10-13-12-24-23(31)25-20(13)15-7-3-5-9-17(15)27/h2-12,27,29H,1H3,(H,24,25,31)/b11-10+. The molecular formula is C23H17N3O4S. The highest BCUT2D eigenvalue weighted by Crippen LogP contribution is 2.30. The van der Waals surface area contributed by atoms with Crippen LogP contribution in [-0.2, 0) is 7.05 Å². The van der Waals surface area contributed by atoms with Crippen molar-refractivity contribution in [2.75, 3.05) is 0 Å². The number of rotatable bonds is 4. The minimum atomic E-state index is -0.658. The summed E-state index contributed by atoms with van der Waals surface area (Å²) in [5.74, 6) is -0.990. The van der Waals surface area contributed by atoms with Crippen LogP contribution < -0.4 is 5.56 Å². The molecule has 0 amide bonds. The first-order chi connectivity index (χ1) is 14.9. The zero-order valence-electron chi connectivity index (χ0n) is 16.4. The van der Waals surface area contributed by atoms with E-state index in [0.717, 1.165) is 0 Å². The van der Waals surface area contributed by atoms with Crippen molar-refractivity contribution in [2.45, 2.75) is 0 Å². The Labute approximate surface area is 181 Å². The molecular weight excluding hydrogens is 414 g/mol. The zero-order chi connectivity index (χ0) is 22.1. The number of carbonyl (C=O) groups excluding carboxylic acids is 1. The van der Waals surface area contributed by atoms with E-state index in [1.54, 1.807) is 49.5 Å². The van der Waals surface area contributed by atoms with Crippen LogP contribution in [0.3, 0.4) is 0 Å². The second-order valence-corrected chi connectivity index (χ2v) is 7.23. The summed E-state index contributed by atoms with van der Waals surface area (Å²) >= 11 is 5.09. The number of para-hydroxylation sites is 2. The van der Waals surface area contributed by atoms with E-state index in [0.29, 0.717) is 27.7 Å². The lowest BCUT2D eigenvalue weighted by molar-refractivity contribution is 0.104. The van der Waals surface area contributed by atoms with Crippen LogP contribution >= 0.6 is 12.2 Å². The maximum absolute atomic E-state index is 12.9. The Bertz CT molecular complexity index is 1480. The Morgan fingerprint density at radius 2 is 1.84 bits per heavy atom. The fraction of sp³-hybridized carbons (Fsp3) is 0.0435. The highest BCUT2D eigenvalue weighted by atomic mass is 32.1. The number of aromatic nitrogens is 3. The summed E-state index contributed by atoms with van der Waals surface area (Å²) in [6, 6.07) is 13.5. The van der Waals surface area contributed by atoms with Crippen LogP contribution in [-0.4, -0.2) is 30.5 Å². The van der Waals surface area contributed by atoms with Gasteiger partial charge in [-0.05, 0) is 48.6 Å². The van der Waals surface area contributed by atoms with Crippen LogP contribution in [0.5, 0.6) is 11.5 Å². The number of fused-ring (bicyclic) bond motifs is 1. The molecule has 0 saturated carbocycles. The van der Waals surface area contributed by atoms with Crippen LogP contribution in [0.1, 0.15) is 15.9 Å². The number of hydrogen-bond donors (Lipinski definition) is 3. The van der Waals surface area contributed by atoms with Crippen molar-refractivity contribution in [2.24, 2.45) is 7.05 Å². The van der Waals surface area contributed by atoms with E-state index in [4.69, 9.17) is 12.2 Å². The van der Waals surface area contributed by atoms with E-state index in [1.807, 2.05) is 0 Å². The fourth-order valence-corrected chi connectivity index (χ4v) is 3.54. The average Bonchev–Trinajstić information content (AvgIpc) is 2.77. The Kier molecular flexibility index (Phi) is 5.22. The van der Waals surface area contributed by atoms with Crippen molar-refractivity contribution in [3.8, 4) is 22.8 Å². The van der Waals surface area contributed by atoms with Gasteiger partial charge in [0.2, 0.25) is 0 Å². The van der Waals surface area contributed by atoms with Crippen molar-refractivity contribution in [3.63, 3.8) is 0 Å². The first kappa shape index (κ1) is 20.2. The number of nitrogens with one attached hydrogen (secondary N) is 1. The number of ketones is 1. The van der Waals surface area contributed by atoms with Gasteiger partial charge in [-0.25, -0.2) is 4.98 Å². The molecule has 0 atom stereocenters. The van der Waals surface area contributed by atoms with E-state index in [1.165, 1.54) is 29.0 Å². The molecule has 0 unspecified atom stereocenters. The first-order valence-electron chi connectivity index (χ1n) is 9.29. The number of phenolic OH excluding ortho intramolecular Hbond substituents is 1. The number of pyridine rings is 1. The largest absolute Gasteiger partial charge is 0.507 e.